The van der Waals surface area contributed by atoms with Crippen LogP contribution in [-0.2, 0) is 23.1 Å². The van der Waals surface area contributed by atoms with Crippen LogP contribution in [0.1, 0.15) is 63.8 Å². The maximum atomic E-state index is 11.7. The maximum Gasteiger partial charge on any atom is 0.308 e. The standard InChI is InChI=1S/C20H28O3/c1-9-10-14-12(2)17(22-13(3)21)16(19(4,5)6)15-11-20(7,8)23-18(14)15/h9H,1,10-11H2,2-8H3. The Hall–Kier alpha value is -1.77. The number of hydrogen-bond donors (Lipinski definition) is 0. The van der Waals surface area contributed by atoms with E-state index in [1.165, 1.54) is 12.5 Å². The molecule has 0 aliphatic carbocycles. The zero-order valence-corrected chi connectivity index (χ0v) is 15.4. The Kier molecular flexibility index (Phi) is 4.36. The molecule has 23 heavy (non-hydrogen) atoms. The Morgan fingerprint density at radius 2 is 2.00 bits per heavy atom. The predicted octanol–water partition coefficient (Wildman–Crippen LogP) is 4.66. The van der Waals surface area contributed by atoms with Gasteiger partial charge in [0.15, 0.2) is 0 Å². The molecule has 2 rings (SSSR count). The van der Waals surface area contributed by atoms with E-state index in [0.717, 1.165) is 28.9 Å². The first-order valence-corrected chi connectivity index (χ1v) is 8.15. The van der Waals surface area contributed by atoms with Crippen LogP contribution in [0.4, 0.5) is 0 Å². The molecule has 0 N–H and O–H groups in total. The second-order valence-electron chi connectivity index (χ2n) is 7.99. The van der Waals surface area contributed by atoms with Crippen LogP contribution in [-0.4, -0.2) is 11.6 Å². The molecule has 1 aromatic rings. The van der Waals surface area contributed by atoms with Gasteiger partial charge in [-0.2, -0.15) is 0 Å². The summed E-state index contributed by atoms with van der Waals surface area (Å²) in [6.45, 7) is 17.9. The first-order valence-electron chi connectivity index (χ1n) is 8.15. The molecular weight excluding hydrogens is 288 g/mol. The highest BCUT2D eigenvalue weighted by atomic mass is 16.5. The van der Waals surface area contributed by atoms with E-state index in [-0.39, 0.29) is 17.0 Å². The van der Waals surface area contributed by atoms with Gasteiger partial charge in [-0.3, -0.25) is 4.79 Å². The number of fused-ring (bicyclic) bond motifs is 1. The summed E-state index contributed by atoms with van der Waals surface area (Å²) in [7, 11) is 0. The fourth-order valence-electron chi connectivity index (χ4n) is 3.41. The van der Waals surface area contributed by atoms with Crippen molar-refractivity contribution in [2.24, 2.45) is 0 Å². The van der Waals surface area contributed by atoms with E-state index in [0.29, 0.717) is 12.2 Å². The van der Waals surface area contributed by atoms with E-state index in [1.54, 1.807) is 0 Å². The Labute approximate surface area is 139 Å². The number of rotatable bonds is 3. The van der Waals surface area contributed by atoms with Crippen LogP contribution in [0.2, 0.25) is 0 Å². The average molecular weight is 316 g/mol. The van der Waals surface area contributed by atoms with Crippen molar-refractivity contribution in [1.82, 2.24) is 0 Å². The minimum absolute atomic E-state index is 0.143. The molecule has 0 fully saturated rings. The summed E-state index contributed by atoms with van der Waals surface area (Å²) in [6, 6.07) is 0. The molecule has 3 heteroatoms. The molecular formula is C20H28O3. The summed E-state index contributed by atoms with van der Waals surface area (Å²) in [4.78, 5) is 11.7. The molecule has 0 unspecified atom stereocenters. The highest BCUT2D eigenvalue weighted by Gasteiger charge is 2.39. The van der Waals surface area contributed by atoms with Crippen LogP contribution < -0.4 is 9.47 Å². The van der Waals surface area contributed by atoms with Gasteiger partial charge < -0.3 is 9.47 Å². The second-order valence-corrected chi connectivity index (χ2v) is 7.99. The Morgan fingerprint density at radius 1 is 1.39 bits per heavy atom. The normalized spacial score (nSPS) is 15.8. The SMILES string of the molecule is C=CCc1c(C)c(OC(C)=O)c(C(C)(C)C)c2c1OC(C)(C)C2. The largest absolute Gasteiger partial charge is 0.487 e. The lowest BCUT2D eigenvalue weighted by atomic mass is 9.78. The second kappa shape index (κ2) is 5.70. The number of allylic oxidation sites excluding steroid dienone is 1. The monoisotopic (exact) mass is 316 g/mol. The third-order valence-electron chi connectivity index (χ3n) is 4.20. The lowest BCUT2D eigenvalue weighted by Crippen LogP contribution is -2.25. The Morgan fingerprint density at radius 3 is 2.48 bits per heavy atom. The van der Waals surface area contributed by atoms with Crippen LogP contribution in [0, 0.1) is 6.92 Å². The molecule has 126 valence electrons. The van der Waals surface area contributed by atoms with Gasteiger partial charge in [0, 0.05) is 30.0 Å². The Balaban J connectivity index is 2.85. The van der Waals surface area contributed by atoms with Crippen molar-refractivity contribution < 1.29 is 14.3 Å². The van der Waals surface area contributed by atoms with Crippen molar-refractivity contribution in [3.05, 3.63) is 34.9 Å². The third kappa shape index (κ3) is 3.29. The zero-order chi connectivity index (χ0) is 17.6. The summed E-state index contributed by atoms with van der Waals surface area (Å²) in [5.41, 5.74) is 3.90. The van der Waals surface area contributed by atoms with Gasteiger partial charge in [-0.05, 0) is 38.2 Å². The zero-order valence-electron chi connectivity index (χ0n) is 15.4. The van der Waals surface area contributed by atoms with Gasteiger partial charge in [-0.1, -0.05) is 26.8 Å². The van der Waals surface area contributed by atoms with Crippen molar-refractivity contribution in [3.8, 4) is 11.5 Å². The van der Waals surface area contributed by atoms with Gasteiger partial charge >= 0.3 is 5.97 Å². The van der Waals surface area contributed by atoms with Crippen molar-refractivity contribution in [1.29, 1.82) is 0 Å². The Bertz CT molecular complexity index is 661. The van der Waals surface area contributed by atoms with Crippen LogP contribution in [0.3, 0.4) is 0 Å². The van der Waals surface area contributed by atoms with E-state index in [1.807, 2.05) is 13.0 Å². The maximum absolute atomic E-state index is 11.7. The number of carbonyl (C=O) groups excluding carboxylic acids is 1. The van der Waals surface area contributed by atoms with Crippen molar-refractivity contribution >= 4 is 5.97 Å². The van der Waals surface area contributed by atoms with Gasteiger partial charge in [0.1, 0.15) is 17.1 Å². The molecule has 1 aliphatic heterocycles. The number of benzene rings is 1. The lowest BCUT2D eigenvalue weighted by molar-refractivity contribution is -0.132. The van der Waals surface area contributed by atoms with Crippen LogP contribution in [0.15, 0.2) is 12.7 Å². The van der Waals surface area contributed by atoms with E-state index < -0.39 is 0 Å². The van der Waals surface area contributed by atoms with Crippen molar-refractivity contribution in [2.45, 2.75) is 72.3 Å². The minimum atomic E-state index is -0.290. The summed E-state index contributed by atoms with van der Waals surface area (Å²) in [5.74, 6) is 1.36. The molecule has 1 heterocycles. The molecule has 3 nitrogen and oxygen atoms in total. The summed E-state index contributed by atoms with van der Waals surface area (Å²) < 4.78 is 11.9. The third-order valence-corrected chi connectivity index (χ3v) is 4.20. The van der Waals surface area contributed by atoms with Crippen LogP contribution in [0.25, 0.3) is 0 Å². The fourth-order valence-corrected chi connectivity index (χ4v) is 3.41. The first-order chi connectivity index (χ1) is 10.5. The van der Waals surface area contributed by atoms with Gasteiger partial charge in [0.25, 0.3) is 0 Å². The molecule has 0 amide bonds. The van der Waals surface area contributed by atoms with E-state index >= 15 is 0 Å². The quantitative estimate of drug-likeness (QED) is 0.462. The van der Waals surface area contributed by atoms with E-state index in [9.17, 15) is 4.79 Å². The molecule has 0 saturated carbocycles. The number of hydrogen-bond acceptors (Lipinski definition) is 3. The van der Waals surface area contributed by atoms with Crippen LogP contribution in [0.5, 0.6) is 11.5 Å². The number of ether oxygens (including phenoxy) is 2. The molecule has 0 atom stereocenters. The molecule has 0 radical (unpaired) electrons. The van der Waals surface area contributed by atoms with Crippen molar-refractivity contribution in [2.75, 3.05) is 0 Å². The average Bonchev–Trinajstić information content (AvgIpc) is 2.67. The van der Waals surface area contributed by atoms with Gasteiger partial charge in [-0.15, -0.1) is 6.58 Å². The number of esters is 1. The highest BCUT2D eigenvalue weighted by Crippen LogP contribution is 2.50. The van der Waals surface area contributed by atoms with Crippen molar-refractivity contribution in [3.63, 3.8) is 0 Å². The molecule has 0 bridgehead atoms. The topological polar surface area (TPSA) is 35.5 Å². The molecule has 0 saturated heterocycles. The van der Waals surface area contributed by atoms with Gasteiger partial charge in [-0.25, -0.2) is 0 Å². The molecule has 0 aromatic heterocycles. The first kappa shape index (κ1) is 17.6. The van der Waals surface area contributed by atoms with Gasteiger partial charge in [0.2, 0.25) is 0 Å². The lowest BCUT2D eigenvalue weighted by Gasteiger charge is -2.28. The van der Waals surface area contributed by atoms with E-state index in [4.69, 9.17) is 9.47 Å². The summed E-state index contributed by atoms with van der Waals surface area (Å²) >= 11 is 0. The molecule has 1 aromatic carbocycles. The fraction of sp³-hybridized carbons (Fsp3) is 0.550. The van der Waals surface area contributed by atoms with E-state index in [2.05, 4.69) is 41.2 Å². The van der Waals surface area contributed by atoms with Crippen LogP contribution >= 0.6 is 0 Å². The van der Waals surface area contributed by atoms with Gasteiger partial charge in [0.05, 0.1) is 0 Å². The number of carbonyl (C=O) groups is 1. The predicted molar refractivity (Wildman–Crippen MR) is 93.5 cm³/mol. The smallest absolute Gasteiger partial charge is 0.308 e. The summed E-state index contributed by atoms with van der Waals surface area (Å²) in [5, 5.41) is 0. The highest BCUT2D eigenvalue weighted by molar-refractivity contribution is 5.73. The molecule has 0 spiro atoms. The minimum Gasteiger partial charge on any atom is -0.487 e. The summed E-state index contributed by atoms with van der Waals surface area (Å²) in [6.07, 6.45) is 3.38. The molecule has 1 aliphatic rings.